The van der Waals surface area contributed by atoms with Gasteiger partial charge < -0.3 is 14.8 Å². The Hall–Kier alpha value is -1.18. The van der Waals surface area contributed by atoms with Gasteiger partial charge in [0.1, 0.15) is 0 Å². The third kappa shape index (κ3) is 3.87. The standard InChI is InChI=1S/C18H18Cl3NO4S/c1-25-17-15(19)12-7-8-22-9-13(14(12)16(20)18(17)26-2)10-3-5-11(6-4-10)27(21,23)24/h3-6,13,22H,7-9H2,1-2H3. The Kier molecular flexibility index (Phi) is 6.13. The van der Waals surface area contributed by atoms with Crippen LogP contribution in [0.25, 0.3) is 0 Å². The molecule has 2 aromatic carbocycles. The van der Waals surface area contributed by atoms with E-state index in [1.807, 2.05) is 0 Å². The van der Waals surface area contributed by atoms with Gasteiger partial charge in [-0.15, -0.1) is 0 Å². The average molecular weight is 451 g/mol. The molecule has 0 spiro atoms. The minimum atomic E-state index is -3.78. The predicted octanol–water partition coefficient (Wildman–Crippen LogP) is 4.22. The molecular formula is C18H18Cl3NO4S. The molecule has 0 saturated carbocycles. The van der Waals surface area contributed by atoms with Crippen molar-refractivity contribution in [3.8, 4) is 11.5 Å². The van der Waals surface area contributed by atoms with Crippen LogP contribution in [0.5, 0.6) is 11.5 Å². The van der Waals surface area contributed by atoms with Crippen LogP contribution >= 0.6 is 33.9 Å². The second-order valence-corrected chi connectivity index (χ2v) is 9.42. The number of halogens is 3. The summed E-state index contributed by atoms with van der Waals surface area (Å²) in [5, 5.41) is 4.29. The van der Waals surface area contributed by atoms with E-state index < -0.39 is 9.05 Å². The topological polar surface area (TPSA) is 64.6 Å². The predicted molar refractivity (Wildman–Crippen MR) is 107 cm³/mol. The zero-order valence-corrected chi connectivity index (χ0v) is 17.8. The van der Waals surface area contributed by atoms with E-state index in [9.17, 15) is 8.42 Å². The first-order valence-corrected chi connectivity index (χ1v) is 11.2. The summed E-state index contributed by atoms with van der Waals surface area (Å²) in [6, 6.07) is 6.44. The van der Waals surface area contributed by atoms with Crippen LogP contribution in [0.3, 0.4) is 0 Å². The Morgan fingerprint density at radius 3 is 2.19 bits per heavy atom. The van der Waals surface area contributed by atoms with Crippen molar-refractivity contribution in [2.24, 2.45) is 0 Å². The molecule has 1 unspecified atom stereocenters. The molecule has 0 bridgehead atoms. The van der Waals surface area contributed by atoms with E-state index in [4.69, 9.17) is 43.4 Å². The maximum atomic E-state index is 11.5. The summed E-state index contributed by atoms with van der Waals surface area (Å²) in [4.78, 5) is 0.0474. The van der Waals surface area contributed by atoms with Gasteiger partial charge in [0.05, 0.1) is 29.2 Å². The van der Waals surface area contributed by atoms with Crippen LogP contribution in [0, 0.1) is 0 Å². The van der Waals surface area contributed by atoms with Gasteiger partial charge in [-0.3, -0.25) is 0 Å². The number of ether oxygens (including phenoxy) is 2. The van der Waals surface area contributed by atoms with Crippen LogP contribution < -0.4 is 14.8 Å². The molecule has 1 aliphatic rings. The van der Waals surface area contributed by atoms with Gasteiger partial charge in [-0.2, -0.15) is 0 Å². The number of benzene rings is 2. The lowest BCUT2D eigenvalue weighted by Gasteiger charge is -2.24. The molecule has 9 heteroatoms. The Bertz CT molecular complexity index is 962. The molecule has 27 heavy (non-hydrogen) atoms. The minimum absolute atomic E-state index is 0.0474. The van der Waals surface area contributed by atoms with Crippen LogP contribution in [0.1, 0.15) is 22.6 Å². The lowest BCUT2D eigenvalue weighted by atomic mass is 9.87. The molecule has 1 heterocycles. The zero-order valence-electron chi connectivity index (χ0n) is 14.7. The van der Waals surface area contributed by atoms with Crippen LogP contribution in [0.4, 0.5) is 0 Å². The van der Waals surface area contributed by atoms with Crippen molar-refractivity contribution in [3.05, 3.63) is 51.0 Å². The van der Waals surface area contributed by atoms with E-state index in [2.05, 4.69) is 5.32 Å². The SMILES string of the molecule is COc1c(Cl)c2c(c(Cl)c1OC)C(c1ccc(S(=O)(=O)Cl)cc1)CNCC2. The highest BCUT2D eigenvalue weighted by Crippen LogP contribution is 2.49. The minimum Gasteiger partial charge on any atom is -0.491 e. The highest BCUT2D eigenvalue weighted by molar-refractivity contribution is 8.13. The molecule has 146 valence electrons. The molecule has 1 aliphatic heterocycles. The Labute approximate surface area is 172 Å². The fraction of sp³-hybridized carbons (Fsp3) is 0.333. The summed E-state index contributed by atoms with van der Waals surface area (Å²) in [6.45, 7) is 1.34. The number of hydrogen-bond donors (Lipinski definition) is 1. The van der Waals surface area contributed by atoms with Gasteiger partial charge in [0, 0.05) is 23.1 Å². The molecule has 3 rings (SSSR count). The lowest BCUT2D eigenvalue weighted by molar-refractivity contribution is 0.354. The Morgan fingerprint density at radius 1 is 1.04 bits per heavy atom. The van der Waals surface area contributed by atoms with Crippen molar-refractivity contribution < 1.29 is 17.9 Å². The summed E-state index contributed by atoms with van der Waals surface area (Å²) in [5.74, 6) is 0.654. The first-order valence-electron chi connectivity index (χ1n) is 8.16. The van der Waals surface area contributed by atoms with Gasteiger partial charge >= 0.3 is 0 Å². The van der Waals surface area contributed by atoms with Gasteiger partial charge in [0.2, 0.25) is 0 Å². The molecule has 0 fully saturated rings. The molecule has 0 saturated heterocycles. The van der Waals surface area contributed by atoms with E-state index >= 15 is 0 Å². The fourth-order valence-corrected chi connectivity index (χ4v) is 4.93. The van der Waals surface area contributed by atoms with Crippen molar-refractivity contribution in [2.75, 3.05) is 27.3 Å². The second kappa shape index (κ2) is 8.05. The third-order valence-electron chi connectivity index (χ3n) is 4.65. The van der Waals surface area contributed by atoms with Crippen LogP contribution in [0.2, 0.25) is 10.0 Å². The van der Waals surface area contributed by atoms with Gasteiger partial charge in [0.15, 0.2) is 11.5 Å². The van der Waals surface area contributed by atoms with Gasteiger partial charge in [-0.25, -0.2) is 8.42 Å². The maximum absolute atomic E-state index is 11.5. The Morgan fingerprint density at radius 2 is 1.63 bits per heavy atom. The number of rotatable bonds is 4. The highest BCUT2D eigenvalue weighted by atomic mass is 35.7. The van der Waals surface area contributed by atoms with Gasteiger partial charge in [-0.05, 0) is 41.8 Å². The summed E-state index contributed by atoms with van der Waals surface area (Å²) in [7, 11) is 4.66. The number of nitrogens with one attached hydrogen (secondary N) is 1. The fourth-order valence-electron chi connectivity index (χ4n) is 3.39. The quantitative estimate of drug-likeness (QED) is 0.707. The largest absolute Gasteiger partial charge is 0.491 e. The normalized spacial score (nSPS) is 17.1. The van der Waals surface area contributed by atoms with Crippen molar-refractivity contribution in [1.29, 1.82) is 0 Å². The van der Waals surface area contributed by atoms with Gasteiger partial charge in [0.25, 0.3) is 9.05 Å². The first-order chi connectivity index (χ1) is 12.8. The van der Waals surface area contributed by atoms with Crippen molar-refractivity contribution >= 4 is 42.9 Å². The lowest BCUT2D eigenvalue weighted by Crippen LogP contribution is -2.21. The Balaban J connectivity index is 2.19. The molecule has 0 aliphatic carbocycles. The van der Waals surface area contributed by atoms with Gasteiger partial charge in [-0.1, -0.05) is 35.3 Å². The van der Waals surface area contributed by atoms with Crippen LogP contribution in [-0.2, 0) is 15.5 Å². The van der Waals surface area contributed by atoms with Crippen LogP contribution in [-0.4, -0.2) is 35.7 Å². The van der Waals surface area contributed by atoms with E-state index in [0.717, 1.165) is 23.2 Å². The summed E-state index contributed by atoms with van der Waals surface area (Å²) in [6.07, 6.45) is 0.679. The van der Waals surface area contributed by atoms with Crippen molar-refractivity contribution in [2.45, 2.75) is 17.2 Å². The zero-order chi connectivity index (χ0) is 19.8. The second-order valence-electron chi connectivity index (χ2n) is 6.10. The molecule has 0 radical (unpaired) electrons. The highest BCUT2D eigenvalue weighted by Gasteiger charge is 2.30. The number of hydrogen-bond acceptors (Lipinski definition) is 5. The molecule has 0 amide bonds. The summed E-state index contributed by atoms with van der Waals surface area (Å²) >= 11 is 13.3. The molecule has 5 nitrogen and oxygen atoms in total. The monoisotopic (exact) mass is 449 g/mol. The van der Waals surface area contributed by atoms with E-state index in [0.29, 0.717) is 34.5 Å². The number of fused-ring (bicyclic) bond motifs is 1. The average Bonchev–Trinajstić information content (AvgIpc) is 2.87. The maximum Gasteiger partial charge on any atom is 0.261 e. The van der Waals surface area contributed by atoms with E-state index in [-0.39, 0.29) is 10.8 Å². The molecule has 1 atom stereocenters. The van der Waals surface area contributed by atoms with Crippen molar-refractivity contribution in [3.63, 3.8) is 0 Å². The number of methoxy groups -OCH3 is 2. The van der Waals surface area contributed by atoms with Crippen LogP contribution in [0.15, 0.2) is 29.2 Å². The smallest absolute Gasteiger partial charge is 0.261 e. The summed E-state index contributed by atoms with van der Waals surface area (Å²) in [5.41, 5.74) is 2.63. The molecule has 1 N–H and O–H groups in total. The summed E-state index contributed by atoms with van der Waals surface area (Å²) < 4.78 is 33.9. The molecule has 0 aromatic heterocycles. The molecular weight excluding hydrogens is 433 g/mol. The van der Waals surface area contributed by atoms with Crippen molar-refractivity contribution in [1.82, 2.24) is 5.32 Å². The van der Waals surface area contributed by atoms with E-state index in [1.54, 1.807) is 12.1 Å². The first kappa shape index (κ1) is 20.6. The molecule has 2 aromatic rings. The third-order valence-corrected chi connectivity index (χ3v) is 6.80. The van der Waals surface area contributed by atoms with E-state index in [1.165, 1.54) is 26.4 Å².